The number of nitrogens with two attached hydrogens (primary N) is 1. The Morgan fingerprint density at radius 1 is 1.35 bits per heavy atom. The number of nitrogens with zero attached hydrogens (tertiary/aromatic N) is 3. The average molecular weight is 233 g/mol. The quantitative estimate of drug-likeness (QED) is 0.832. The summed E-state index contributed by atoms with van der Waals surface area (Å²) in [6.07, 6.45) is 0.751. The van der Waals surface area contributed by atoms with Crippen LogP contribution in [0, 0.1) is 6.92 Å². The SMILES string of the molecule is CCc1nc(N)cc(NCc2cc(C)no2)n1. The molecule has 2 aromatic rings. The molecule has 0 aliphatic heterocycles. The monoisotopic (exact) mass is 233 g/mol. The lowest BCUT2D eigenvalue weighted by atomic mass is 10.3. The van der Waals surface area contributed by atoms with Crippen LogP contribution in [0.3, 0.4) is 0 Å². The molecule has 0 aliphatic carbocycles. The van der Waals surface area contributed by atoms with Gasteiger partial charge in [-0.1, -0.05) is 12.1 Å². The van der Waals surface area contributed by atoms with Crippen LogP contribution < -0.4 is 11.1 Å². The molecule has 0 aliphatic rings. The van der Waals surface area contributed by atoms with Crippen LogP contribution in [0.5, 0.6) is 0 Å². The molecule has 0 bridgehead atoms. The van der Waals surface area contributed by atoms with Crippen molar-refractivity contribution >= 4 is 11.6 Å². The second kappa shape index (κ2) is 4.82. The molecule has 0 aromatic carbocycles. The van der Waals surface area contributed by atoms with Crippen molar-refractivity contribution in [3.05, 3.63) is 29.4 Å². The lowest BCUT2D eigenvalue weighted by Crippen LogP contribution is -2.05. The maximum atomic E-state index is 5.68. The van der Waals surface area contributed by atoms with Gasteiger partial charge in [-0.2, -0.15) is 0 Å². The third kappa shape index (κ3) is 2.93. The highest BCUT2D eigenvalue weighted by atomic mass is 16.5. The second-order valence-electron chi connectivity index (χ2n) is 3.74. The van der Waals surface area contributed by atoms with E-state index in [0.717, 1.165) is 23.7 Å². The molecule has 0 unspecified atom stereocenters. The lowest BCUT2D eigenvalue weighted by molar-refractivity contribution is 0.384. The first-order valence-corrected chi connectivity index (χ1v) is 5.47. The minimum absolute atomic E-state index is 0.466. The number of nitrogens with one attached hydrogen (secondary N) is 1. The molecule has 2 heterocycles. The van der Waals surface area contributed by atoms with Gasteiger partial charge in [-0.3, -0.25) is 0 Å². The highest BCUT2D eigenvalue weighted by molar-refractivity contribution is 5.44. The van der Waals surface area contributed by atoms with Crippen molar-refractivity contribution in [2.75, 3.05) is 11.1 Å². The second-order valence-corrected chi connectivity index (χ2v) is 3.74. The molecule has 90 valence electrons. The summed E-state index contributed by atoms with van der Waals surface area (Å²) in [5.41, 5.74) is 6.54. The van der Waals surface area contributed by atoms with Gasteiger partial charge in [0.2, 0.25) is 0 Å². The van der Waals surface area contributed by atoms with E-state index in [9.17, 15) is 0 Å². The smallest absolute Gasteiger partial charge is 0.156 e. The standard InChI is InChI=1S/C11H15N5O/c1-3-10-14-9(12)5-11(15-10)13-6-8-4-7(2)16-17-8/h4-5H,3,6H2,1-2H3,(H3,12,13,14,15). The molecule has 0 fully saturated rings. The molecule has 3 N–H and O–H groups in total. The third-order valence-electron chi connectivity index (χ3n) is 2.23. The average Bonchev–Trinajstić information content (AvgIpc) is 2.72. The van der Waals surface area contributed by atoms with Gasteiger partial charge in [-0.05, 0) is 6.92 Å². The zero-order valence-corrected chi connectivity index (χ0v) is 9.90. The van der Waals surface area contributed by atoms with E-state index in [1.54, 1.807) is 6.07 Å². The van der Waals surface area contributed by atoms with E-state index in [0.29, 0.717) is 18.2 Å². The molecule has 0 radical (unpaired) electrons. The minimum atomic E-state index is 0.466. The maximum Gasteiger partial charge on any atom is 0.156 e. The van der Waals surface area contributed by atoms with E-state index < -0.39 is 0 Å². The predicted octanol–water partition coefficient (Wildman–Crippen LogP) is 1.53. The Bertz CT molecular complexity index is 508. The van der Waals surface area contributed by atoms with Gasteiger partial charge in [0.15, 0.2) is 5.76 Å². The van der Waals surface area contributed by atoms with Crippen LogP contribution >= 0.6 is 0 Å². The van der Waals surface area contributed by atoms with Gasteiger partial charge in [0, 0.05) is 18.6 Å². The Kier molecular flexibility index (Phi) is 3.22. The van der Waals surface area contributed by atoms with Crippen LogP contribution in [0.4, 0.5) is 11.6 Å². The van der Waals surface area contributed by atoms with Crippen molar-refractivity contribution in [3.8, 4) is 0 Å². The Morgan fingerprint density at radius 2 is 2.18 bits per heavy atom. The Hall–Kier alpha value is -2.11. The molecule has 0 amide bonds. The summed E-state index contributed by atoms with van der Waals surface area (Å²) >= 11 is 0. The third-order valence-corrected chi connectivity index (χ3v) is 2.23. The Labute approximate surface area is 99.2 Å². The van der Waals surface area contributed by atoms with Crippen LogP contribution in [0.2, 0.25) is 0 Å². The maximum absolute atomic E-state index is 5.68. The van der Waals surface area contributed by atoms with Crippen LogP contribution in [0.25, 0.3) is 0 Å². The Balaban J connectivity index is 2.05. The van der Waals surface area contributed by atoms with Gasteiger partial charge in [0.25, 0.3) is 0 Å². The first-order chi connectivity index (χ1) is 8.17. The highest BCUT2D eigenvalue weighted by Crippen LogP contribution is 2.11. The number of rotatable bonds is 4. The fourth-order valence-electron chi connectivity index (χ4n) is 1.44. The van der Waals surface area contributed by atoms with Crippen molar-refractivity contribution in [1.82, 2.24) is 15.1 Å². The fraction of sp³-hybridized carbons (Fsp3) is 0.364. The van der Waals surface area contributed by atoms with Gasteiger partial charge >= 0.3 is 0 Å². The highest BCUT2D eigenvalue weighted by Gasteiger charge is 2.03. The summed E-state index contributed by atoms with van der Waals surface area (Å²) in [6.45, 7) is 4.39. The molecule has 0 atom stereocenters. The van der Waals surface area contributed by atoms with Crippen molar-refractivity contribution in [2.24, 2.45) is 0 Å². The van der Waals surface area contributed by atoms with Crippen molar-refractivity contribution in [2.45, 2.75) is 26.8 Å². The zero-order chi connectivity index (χ0) is 12.3. The number of nitrogen functional groups attached to an aromatic ring is 1. The summed E-state index contributed by atoms with van der Waals surface area (Å²) < 4.78 is 5.09. The van der Waals surface area contributed by atoms with Gasteiger partial charge in [0.05, 0.1) is 12.2 Å². The summed E-state index contributed by atoms with van der Waals surface area (Å²) in [5.74, 6) is 2.65. The lowest BCUT2D eigenvalue weighted by Gasteiger charge is -2.05. The van der Waals surface area contributed by atoms with Crippen LogP contribution in [-0.2, 0) is 13.0 Å². The molecule has 0 saturated carbocycles. The number of hydrogen-bond acceptors (Lipinski definition) is 6. The summed E-state index contributed by atoms with van der Waals surface area (Å²) in [5, 5.41) is 6.93. The van der Waals surface area contributed by atoms with Gasteiger partial charge in [-0.25, -0.2) is 9.97 Å². The molecule has 2 aromatic heterocycles. The molecular formula is C11H15N5O. The van der Waals surface area contributed by atoms with Crippen molar-refractivity contribution in [1.29, 1.82) is 0 Å². The number of anilines is 2. The van der Waals surface area contributed by atoms with Crippen LogP contribution in [0.15, 0.2) is 16.7 Å². The summed E-state index contributed by atoms with van der Waals surface area (Å²) in [4.78, 5) is 8.41. The van der Waals surface area contributed by atoms with Crippen LogP contribution in [0.1, 0.15) is 24.2 Å². The predicted molar refractivity (Wildman–Crippen MR) is 64.4 cm³/mol. The fourth-order valence-corrected chi connectivity index (χ4v) is 1.44. The van der Waals surface area contributed by atoms with Gasteiger partial charge in [0.1, 0.15) is 17.5 Å². The van der Waals surface area contributed by atoms with E-state index in [-0.39, 0.29) is 0 Å². The van der Waals surface area contributed by atoms with E-state index in [1.807, 2.05) is 19.9 Å². The first-order valence-electron chi connectivity index (χ1n) is 5.47. The molecule has 6 nitrogen and oxygen atoms in total. The molecule has 0 spiro atoms. The van der Waals surface area contributed by atoms with E-state index in [1.165, 1.54) is 0 Å². The summed E-state index contributed by atoms with van der Waals surface area (Å²) in [7, 11) is 0. The number of aromatic nitrogens is 3. The summed E-state index contributed by atoms with van der Waals surface area (Å²) in [6, 6.07) is 3.57. The Morgan fingerprint density at radius 3 is 2.82 bits per heavy atom. The van der Waals surface area contributed by atoms with E-state index in [2.05, 4.69) is 20.4 Å². The normalized spacial score (nSPS) is 10.5. The number of hydrogen-bond donors (Lipinski definition) is 2. The van der Waals surface area contributed by atoms with Gasteiger partial charge < -0.3 is 15.6 Å². The first kappa shape index (κ1) is 11.4. The largest absolute Gasteiger partial charge is 0.384 e. The molecule has 0 saturated heterocycles. The van der Waals surface area contributed by atoms with Gasteiger partial charge in [-0.15, -0.1) is 0 Å². The zero-order valence-electron chi connectivity index (χ0n) is 9.90. The topological polar surface area (TPSA) is 89.9 Å². The van der Waals surface area contributed by atoms with Crippen LogP contribution in [-0.4, -0.2) is 15.1 Å². The molecule has 6 heteroatoms. The van der Waals surface area contributed by atoms with E-state index >= 15 is 0 Å². The van der Waals surface area contributed by atoms with Crippen molar-refractivity contribution < 1.29 is 4.52 Å². The molecule has 2 rings (SSSR count). The minimum Gasteiger partial charge on any atom is -0.384 e. The number of aryl methyl sites for hydroxylation is 2. The van der Waals surface area contributed by atoms with Crippen molar-refractivity contribution in [3.63, 3.8) is 0 Å². The molecular weight excluding hydrogens is 218 g/mol. The van der Waals surface area contributed by atoms with E-state index in [4.69, 9.17) is 10.3 Å². The molecule has 17 heavy (non-hydrogen) atoms.